The molecule has 0 aromatic heterocycles. The molecular formula is C24H26N2O4S. The average molecular weight is 439 g/mol. The van der Waals surface area contributed by atoms with E-state index < -0.39 is 10.0 Å². The highest BCUT2D eigenvalue weighted by Gasteiger charge is 2.18. The van der Waals surface area contributed by atoms with Gasteiger partial charge in [0.05, 0.1) is 10.6 Å². The maximum absolute atomic E-state index is 12.9. The Morgan fingerprint density at radius 3 is 2.32 bits per heavy atom. The lowest BCUT2D eigenvalue weighted by molar-refractivity contribution is 0.0827. The number of ether oxygens (including phenoxy) is 1. The second kappa shape index (κ2) is 9.22. The maximum atomic E-state index is 12.9. The first-order chi connectivity index (χ1) is 14.7. The smallest absolute Gasteiger partial charge is 0.261 e. The fourth-order valence-corrected chi connectivity index (χ4v) is 4.25. The molecule has 31 heavy (non-hydrogen) atoms. The quantitative estimate of drug-likeness (QED) is 0.583. The first kappa shape index (κ1) is 22.4. The Bertz CT molecular complexity index is 1180. The third-order valence-corrected chi connectivity index (χ3v) is 6.18. The van der Waals surface area contributed by atoms with Gasteiger partial charge in [-0.1, -0.05) is 36.4 Å². The molecule has 7 heteroatoms. The molecule has 0 spiro atoms. The number of amides is 1. The van der Waals surface area contributed by atoms with Gasteiger partial charge in [-0.15, -0.1) is 0 Å². The van der Waals surface area contributed by atoms with Crippen LogP contribution in [0, 0.1) is 6.92 Å². The molecule has 3 aromatic carbocycles. The van der Waals surface area contributed by atoms with Crippen molar-refractivity contribution in [2.24, 2.45) is 0 Å². The minimum Gasteiger partial charge on any atom is -0.486 e. The number of carbonyl (C=O) groups excluding carboxylic acids is 1. The summed E-state index contributed by atoms with van der Waals surface area (Å²) < 4.78 is 34.4. The van der Waals surface area contributed by atoms with Crippen molar-refractivity contribution < 1.29 is 17.9 Å². The van der Waals surface area contributed by atoms with Crippen LogP contribution in [-0.4, -0.2) is 33.3 Å². The molecule has 0 fully saturated rings. The third kappa shape index (κ3) is 5.44. The third-order valence-electron chi connectivity index (χ3n) is 4.82. The molecule has 0 aliphatic rings. The standard InChI is InChI=1S/C24H26N2O4S/c1-17-15-21(30-18(2)19-9-6-5-7-10-19)13-14-23(17)25-31(28,29)22-12-8-11-20(16-22)24(27)26(3)4/h5-16,18,25H,1-4H3. The van der Waals surface area contributed by atoms with E-state index in [9.17, 15) is 13.2 Å². The van der Waals surface area contributed by atoms with Gasteiger partial charge in [0.15, 0.2) is 0 Å². The zero-order valence-corrected chi connectivity index (χ0v) is 18.8. The Hall–Kier alpha value is -3.32. The summed E-state index contributed by atoms with van der Waals surface area (Å²) in [5.74, 6) is 0.387. The van der Waals surface area contributed by atoms with Gasteiger partial charge in [-0.05, 0) is 61.4 Å². The van der Waals surface area contributed by atoms with Crippen LogP contribution in [0.25, 0.3) is 0 Å². The molecule has 0 aliphatic carbocycles. The van der Waals surface area contributed by atoms with Crippen LogP contribution in [0.15, 0.2) is 77.7 Å². The normalized spacial score (nSPS) is 12.1. The van der Waals surface area contributed by atoms with Crippen LogP contribution in [0.1, 0.15) is 34.5 Å². The van der Waals surface area contributed by atoms with E-state index in [2.05, 4.69) is 4.72 Å². The van der Waals surface area contributed by atoms with E-state index in [0.717, 1.165) is 11.1 Å². The Balaban J connectivity index is 1.78. The number of sulfonamides is 1. The summed E-state index contributed by atoms with van der Waals surface area (Å²) >= 11 is 0. The summed E-state index contributed by atoms with van der Waals surface area (Å²) in [4.78, 5) is 13.6. The first-order valence-corrected chi connectivity index (χ1v) is 11.3. The predicted molar refractivity (Wildman–Crippen MR) is 122 cm³/mol. The number of hydrogen-bond acceptors (Lipinski definition) is 4. The van der Waals surface area contributed by atoms with E-state index in [0.29, 0.717) is 17.0 Å². The summed E-state index contributed by atoms with van der Waals surface area (Å²) in [5.41, 5.74) is 2.53. The van der Waals surface area contributed by atoms with Crippen LogP contribution in [-0.2, 0) is 10.0 Å². The summed E-state index contributed by atoms with van der Waals surface area (Å²) in [5, 5.41) is 0. The molecule has 3 aromatic rings. The average Bonchev–Trinajstić information content (AvgIpc) is 2.75. The van der Waals surface area contributed by atoms with E-state index in [1.807, 2.05) is 44.2 Å². The van der Waals surface area contributed by atoms with Gasteiger partial charge < -0.3 is 9.64 Å². The molecule has 6 nitrogen and oxygen atoms in total. The molecule has 1 amide bonds. The second-order valence-corrected chi connectivity index (χ2v) is 9.16. The second-order valence-electron chi connectivity index (χ2n) is 7.48. The fraction of sp³-hybridized carbons (Fsp3) is 0.208. The van der Waals surface area contributed by atoms with Crippen molar-refractivity contribution in [2.45, 2.75) is 24.8 Å². The zero-order valence-electron chi connectivity index (χ0n) is 18.0. The molecule has 1 N–H and O–H groups in total. The minimum absolute atomic E-state index is 0.0256. The number of benzene rings is 3. The highest BCUT2D eigenvalue weighted by molar-refractivity contribution is 7.92. The van der Waals surface area contributed by atoms with Crippen LogP contribution >= 0.6 is 0 Å². The van der Waals surface area contributed by atoms with Crippen molar-refractivity contribution in [1.82, 2.24) is 4.90 Å². The zero-order chi connectivity index (χ0) is 22.6. The number of hydrogen-bond donors (Lipinski definition) is 1. The Kier molecular flexibility index (Phi) is 6.65. The molecule has 3 rings (SSSR count). The topological polar surface area (TPSA) is 75.7 Å². The molecule has 0 bridgehead atoms. The van der Waals surface area contributed by atoms with Gasteiger partial charge >= 0.3 is 0 Å². The number of nitrogens with one attached hydrogen (secondary N) is 1. The summed E-state index contributed by atoms with van der Waals surface area (Å²) in [6.07, 6.45) is -0.139. The molecular weight excluding hydrogens is 412 g/mol. The first-order valence-electron chi connectivity index (χ1n) is 9.84. The van der Waals surface area contributed by atoms with Crippen LogP contribution in [0.3, 0.4) is 0 Å². The largest absolute Gasteiger partial charge is 0.486 e. The van der Waals surface area contributed by atoms with E-state index in [1.165, 1.54) is 17.0 Å². The van der Waals surface area contributed by atoms with Crippen LogP contribution in [0.5, 0.6) is 5.75 Å². The van der Waals surface area contributed by atoms with Gasteiger partial charge in [-0.25, -0.2) is 8.42 Å². The Morgan fingerprint density at radius 1 is 0.968 bits per heavy atom. The SMILES string of the molecule is Cc1cc(OC(C)c2ccccc2)ccc1NS(=O)(=O)c1cccc(C(=O)N(C)C)c1. The molecule has 0 aliphatic heterocycles. The lowest BCUT2D eigenvalue weighted by Gasteiger charge is -2.17. The Labute approximate surface area is 183 Å². The summed E-state index contributed by atoms with van der Waals surface area (Å²) in [6, 6.07) is 21.0. The monoisotopic (exact) mass is 438 g/mol. The van der Waals surface area contributed by atoms with Crippen molar-refractivity contribution >= 4 is 21.6 Å². The summed E-state index contributed by atoms with van der Waals surface area (Å²) in [7, 11) is -0.621. The van der Waals surface area contributed by atoms with Gasteiger partial charge in [-0.3, -0.25) is 9.52 Å². The number of rotatable bonds is 7. The van der Waals surface area contributed by atoms with Gasteiger partial charge in [-0.2, -0.15) is 0 Å². The van der Waals surface area contributed by atoms with Gasteiger partial charge in [0, 0.05) is 19.7 Å². The van der Waals surface area contributed by atoms with Crippen molar-refractivity contribution in [3.05, 3.63) is 89.5 Å². The molecule has 0 saturated carbocycles. The molecule has 162 valence electrons. The van der Waals surface area contributed by atoms with Crippen LogP contribution < -0.4 is 9.46 Å². The van der Waals surface area contributed by atoms with Crippen LogP contribution in [0.4, 0.5) is 5.69 Å². The van der Waals surface area contributed by atoms with E-state index in [-0.39, 0.29) is 16.9 Å². The van der Waals surface area contributed by atoms with Crippen molar-refractivity contribution in [2.75, 3.05) is 18.8 Å². The highest BCUT2D eigenvalue weighted by atomic mass is 32.2. The highest BCUT2D eigenvalue weighted by Crippen LogP contribution is 2.27. The molecule has 0 radical (unpaired) electrons. The van der Waals surface area contributed by atoms with E-state index >= 15 is 0 Å². The number of carbonyl (C=O) groups is 1. The van der Waals surface area contributed by atoms with Crippen LogP contribution in [0.2, 0.25) is 0 Å². The minimum atomic E-state index is -3.86. The van der Waals surface area contributed by atoms with Gasteiger partial charge in [0.1, 0.15) is 11.9 Å². The maximum Gasteiger partial charge on any atom is 0.261 e. The molecule has 0 saturated heterocycles. The van der Waals surface area contributed by atoms with E-state index in [4.69, 9.17) is 4.74 Å². The van der Waals surface area contributed by atoms with E-state index in [1.54, 1.807) is 44.4 Å². The summed E-state index contributed by atoms with van der Waals surface area (Å²) in [6.45, 7) is 3.77. The molecule has 0 heterocycles. The van der Waals surface area contributed by atoms with Crippen molar-refractivity contribution in [3.63, 3.8) is 0 Å². The number of nitrogens with zero attached hydrogens (tertiary/aromatic N) is 1. The lowest BCUT2D eigenvalue weighted by Crippen LogP contribution is -2.22. The van der Waals surface area contributed by atoms with Crippen molar-refractivity contribution in [3.8, 4) is 5.75 Å². The lowest BCUT2D eigenvalue weighted by atomic mass is 10.1. The number of anilines is 1. The molecule has 1 atom stereocenters. The van der Waals surface area contributed by atoms with Gasteiger partial charge in [0.2, 0.25) is 0 Å². The number of aryl methyl sites for hydroxylation is 1. The van der Waals surface area contributed by atoms with Gasteiger partial charge in [0.25, 0.3) is 15.9 Å². The molecule has 1 unspecified atom stereocenters. The predicted octanol–water partition coefficient (Wildman–Crippen LogP) is 4.64. The van der Waals surface area contributed by atoms with Crippen molar-refractivity contribution in [1.29, 1.82) is 0 Å². The fourth-order valence-electron chi connectivity index (χ4n) is 3.08. The Morgan fingerprint density at radius 2 is 1.68 bits per heavy atom.